The van der Waals surface area contributed by atoms with Crippen LogP contribution in [0.4, 0.5) is 0 Å². The smallest absolute Gasteiger partial charge is 0.231 e. The zero-order valence-corrected chi connectivity index (χ0v) is 12.7. The summed E-state index contributed by atoms with van der Waals surface area (Å²) in [6, 6.07) is 9.95. The van der Waals surface area contributed by atoms with E-state index in [0.717, 1.165) is 31.2 Å². The molecule has 0 aromatic heterocycles. The molecule has 1 aliphatic heterocycles. The largest absolute Gasteiger partial charge is 0.341 e. The highest BCUT2D eigenvalue weighted by atomic mass is 32.2. The molecule has 1 saturated carbocycles. The minimum absolute atomic E-state index is 0.171. The van der Waals surface area contributed by atoms with E-state index in [-0.39, 0.29) is 18.8 Å². The summed E-state index contributed by atoms with van der Waals surface area (Å²) in [4.78, 5) is 0. The monoisotopic (exact) mass is 311 g/mol. The van der Waals surface area contributed by atoms with Gasteiger partial charge in [-0.05, 0) is 18.4 Å². The number of hydrogen-bond acceptors (Lipinski definition) is 4. The van der Waals surface area contributed by atoms with Gasteiger partial charge in [0.05, 0.1) is 6.61 Å². The second kappa shape index (κ2) is 6.54. The molecule has 2 aliphatic rings. The van der Waals surface area contributed by atoms with Crippen molar-refractivity contribution in [2.45, 2.75) is 50.1 Å². The molecule has 1 aromatic carbocycles. The third kappa shape index (κ3) is 3.52. The number of nitrogens with two attached hydrogens (primary N) is 1. The van der Waals surface area contributed by atoms with Gasteiger partial charge < -0.3 is 9.47 Å². The predicted octanol–water partition coefficient (Wildman–Crippen LogP) is 2.36. The van der Waals surface area contributed by atoms with E-state index in [0.29, 0.717) is 0 Å². The number of ether oxygens (including phenoxy) is 2. The van der Waals surface area contributed by atoms with E-state index in [9.17, 15) is 4.21 Å². The Morgan fingerprint density at radius 1 is 1.19 bits per heavy atom. The molecule has 2 N–H and O–H groups in total. The Kier molecular flexibility index (Phi) is 4.71. The van der Waals surface area contributed by atoms with Gasteiger partial charge >= 0.3 is 0 Å². The second-order valence-corrected chi connectivity index (χ2v) is 6.38. The van der Waals surface area contributed by atoms with Crippen molar-refractivity contribution in [1.82, 2.24) is 0 Å². The van der Waals surface area contributed by atoms with Crippen molar-refractivity contribution in [3.63, 3.8) is 0 Å². The maximum Gasteiger partial charge on any atom is 0.231 e. The van der Waals surface area contributed by atoms with Crippen LogP contribution in [0.5, 0.6) is 0 Å². The molecule has 116 valence electrons. The Bertz CT molecular complexity index is 490. The van der Waals surface area contributed by atoms with E-state index in [1.54, 1.807) is 0 Å². The second-order valence-electron chi connectivity index (χ2n) is 5.62. The fraction of sp³-hybridized carbons (Fsp3) is 0.600. The van der Waals surface area contributed by atoms with E-state index in [2.05, 4.69) is 0 Å². The fourth-order valence-corrected chi connectivity index (χ4v) is 3.45. The molecule has 0 amide bonds. The molecule has 1 unspecified atom stereocenters. The molecule has 3 rings (SSSR count). The molecule has 1 saturated heterocycles. The van der Waals surface area contributed by atoms with Crippen molar-refractivity contribution in [1.29, 1.82) is 0 Å². The van der Waals surface area contributed by atoms with Crippen molar-refractivity contribution in [2.24, 2.45) is 5.14 Å². The Morgan fingerprint density at radius 3 is 2.57 bits per heavy atom. The molecular weight excluding hydrogens is 290 g/mol. The van der Waals surface area contributed by atoms with Gasteiger partial charge in [-0.15, -0.1) is 0 Å². The zero-order valence-electron chi connectivity index (χ0n) is 11.9. The highest BCUT2D eigenvalue weighted by Gasteiger charge is 2.48. The van der Waals surface area contributed by atoms with Gasteiger partial charge in [-0.2, -0.15) is 0 Å². The first-order valence-electron chi connectivity index (χ1n) is 7.39. The summed E-state index contributed by atoms with van der Waals surface area (Å²) in [5.74, 6) is -0.511. The van der Waals surface area contributed by atoms with E-state index in [1.165, 1.54) is 6.42 Å². The highest BCUT2D eigenvalue weighted by Crippen LogP contribution is 2.46. The van der Waals surface area contributed by atoms with Gasteiger partial charge in [0.15, 0.2) is 5.79 Å². The van der Waals surface area contributed by atoms with Crippen LogP contribution in [0.25, 0.3) is 0 Å². The van der Waals surface area contributed by atoms with Gasteiger partial charge in [0.1, 0.15) is 12.2 Å². The normalized spacial score (nSPS) is 29.6. The van der Waals surface area contributed by atoms with Crippen LogP contribution >= 0.6 is 0 Å². The first kappa shape index (κ1) is 15.1. The van der Waals surface area contributed by atoms with E-state index in [4.69, 9.17) is 18.8 Å². The molecule has 0 bridgehead atoms. The summed E-state index contributed by atoms with van der Waals surface area (Å²) in [5, 5.41) is 5.18. The van der Waals surface area contributed by atoms with Crippen LogP contribution in [0.15, 0.2) is 30.3 Å². The van der Waals surface area contributed by atoms with Gasteiger partial charge in [-0.3, -0.25) is 4.18 Å². The quantitative estimate of drug-likeness (QED) is 0.926. The first-order valence-corrected chi connectivity index (χ1v) is 8.52. The number of hydrogen-bond donors (Lipinski definition) is 1. The lowest BCUT2D eigenvalue weighted by molar-refractivity contribution is -0.196. The molecule has 5 nitrogen and oxygen atoms in total. The summed E-state index contributed by atoms with van der Waals surface area (Å²) in [5.41, 5.74) is 1.05. The first-order chi connectivity index (χ1) is 10.2. The Morgan fingerprint density at radius 2 is 1.90 bits per heavy atom. The lowest BCUT2D eigenvalue weighted by atomic mass is 9.94. The van der Waals surface area contributed by atoms with Crippen LogP contribution in [0.1, 0.15) is 43.8 Å². The average Bonchev–Trinajstić information content (AvgIpc) is 2.85. The van der Waals surface area contributed by atoms with Crippen LogP contribution in [-0.4, -0.2) is 22.7 Å². The van der Waals surface area contributed by atoms with E-state index >= 15 is 0 Å². The van der Waals surface area contributed by atoms with Crippen LogP contribution in [0.2, 0.25) is 0 Å². The standard InChI is InChI=1S/C15H21NO4S/c16-21(17)18-11-13-14(12-7-3-1-4-8-12)20-15(19-13)9-5-2-6-10-15/h1,3-4,7-8,13-14H,2,5-6,9-11,16H2/t13-,14-,21?/m1/s1. The van der Waals surface area contributed by atoms with Crippen molar-refractivity contribution < 1.29 is 17.9 Å². The van der Waals surface area contributed by atoms with Crippen LogP contribution in [-0.2, 0) is 24.9 Å². The van der Waals surface area contributed by atoms with Gasteiger partial charge in [0.2, 0.25) is 11.3 Å². The topological polar surface area (TPSA) is 70.8 Å². The summed E-state index contributed by atoms with van der Waals surface area (Å²) in [6.45, 7) is 0.171. The third-order valence-electron chi connectivity index (χ3n) is 4.14. The molecule has 1 heterocycles. The Labute approximate surface area is 127 Å². The summed E-state index contributed by atoms with van der Waals surface area (Å²) in [7, 11) is 0. The maximum atomic E-state index is 11.0. The molecule has 6 heteroatoms. The van der Waals surface area contributed by atoms with Crippen LogP contribution in [0, 0.1) is 0 Å². The molecule has 21 heavy (non-hydrogen) atoms. The predicted molar refractivity (Wildman–Crippen MR) is 79.2 cm³/mol. The van der Waals surface area contributed by atoms with Crippen LogP contribution in [0.3, 0.4) is 0 Å². The van der Waals surface area contributed by atoms with E-state index in [1.807, 2.05) is 30.3 Å². The minimum atomic E-state index is -1.78. The summed E-state index contributed by atoms with van der Waals surface area (Å²) in [6.07, 6.45) is 4.76. The molecule has 1 aromatic rings. The minimum Gasteiger partial charge on any atom is -0.341 e. The fourth-order valence-electron chi connectivity index (χ4n) is 3.18. The lowest BCUT2D eigenvalue weighted by Gasteiger charge is -2.32. The van der Waals surface area contributed by atoms with Gasteiger partial charge in [0, 0.05) is 12.8 Å². The van der Waals surface area contributed by atoms with E-state index < -0.39 is 17.1 Å². The van der Waals surface area contributed by atoms with Crippen molar-refractivity contribution in [2.75, 3.05) is 6.61 Å². The van der Waals surface area contributed by atoms with Gasteiger partial charge in [0.25, 0.3) is 0 Å². The molecular formula is C15H21NO4S. The third-order valence-corrected chi connectivity index (χ3v) is 4.51. The van der Waals surface area contributed by atoms with Crippen molar-refractivity contribution in [3.8, 4) is 0 Å². The number of benzene rings is 1. The number of rotatable bonds is 4. The molecule has 1 spiro atoms. The maximum absolute atomic E-state index is 11.0. The molecule has 1 aliphatic carbocycles. The highest BCUT2D eigenvalue weighted by molar-refractivity contribution is 7.77. The van der Waals surface area contributed by atoms with Gasteiger partial charge in [-0.25, -0.2) is 9.35 Å². The molecule has 2 fully saturated rings. The molecule has 3 atom stereocenters. The zero-order chi connectivity index (χ0) is 14.7. The average molecular weight is 311 g/mol. The van der Waals surface area contributed by atoms with Gasteiger partial charge in [-0.1, -0.05) is 36.8 Å². The summed E-state index contributed by atoms with van der Waals surface area (Å²) >= 11 is -1.78. The van der Waals surface area contributed by atoms with Crippen molar-refractivity contribution in [3.05, 3.63) is 35.9 Å². The van der Waals surface area contributed by atoms with Crippen LogP contribution < -0.4 is 5.14 Å². The molecule has 0 radical (unpaired) electrons. The lowest BCUT2D eigenvalue weighted by Crippen LogP contribution is -2.34. The summed E-state index contributed by atoms with van der Waals surface area (Å²) < 4.78 is 28.5. The Hall–Kier alpha value is -0.790. The SMILES string of the molecule is NS(=O)OC[C@H]1OC2(CCCCC2)O[C@@H]1c1ccccc1. The Balaban J connectivity index is 1.78. The van der Waals surface area contributed by atoms with Crippen molar-refractivity contribution >= 4 is 11.3 Å².